The number of nitrogens with zero attached hydrogens (tertiary/aromatic N) is 1. The Kier molecular flexibility index (Phi) is 6.32. The van der Waals surface area contributed by atoms with E-state index in [-0.39, 0.29) is 5.78 Å². The van der Waals surface area contributed by atoms with Crippen LogP contribution in [0.15, 0.2) is 35.9 Å². The minimum Gasteiger partial charge on any atom is -0.492 e. The first-order chi connectivity index (χ1) is 14.0. The quantitative estimate of drug-likeness (QED) is 0.430. The molecule has 1 aliphatic heterocycles. The van der Waals surface area contributed by atoms with Gasteiger partial charge in [-0.15, -0.1) is 0 Å². The standard InChI is InChI=1S/C23H28N2O4/c1-5-6-15(21(26)16-7-9-19(25(2)3)18(24)14-16)13-17-8-10-20-23(22(17)27-4)29-12-11-28-20/h7-10,13-14H,5-6,11-12,24H2,1-4H3. The molecule has 0 radical (unpaired) electrons. The molecule has 0 unspecified atom stereocenters. The number of carbonyl (C=O) groups excluding carboxylic acids is 1. The van der Waals surface area contributed by atoms with Gasteiger partial charge in [-0.05, 0) is 42.8 Å². The molecule has 0 saturated heterocycles. The molecule has 1 heterocycles. The Hall–Kier alpha value is -3.15. The third-order valence-corrected chi connectivity index (χ3v) is 4.81. The van der Waals surface area contributed by atoms with E-state index in [1.807, 2.05) is 56.3 Å². The number of methoxy groups -OCH3 is 1. The van der Waals surface area contributed by atoms with Gasteiger partial charge in [-0.3, -0.25) is 4.79 Å². The Morgan fingerprint density at radius 3 is 2.62 bits per heavy atom. The van der Waals surface area contributed by atoms with Gasteiger partial charge < -0.3 is 24.8 Å². The summed E-state index contributed by atoms with van der Waals surface area (Å²) in [4.78, 5) is 15.1. The predicted octanol–water partition coefficient (Wildman–Crippen LogP) is 4.18. The normalized spacial score (nSPS) is 13.2. The van der Waals surface area contributed by atoms with Gasteiger partial charge in [-0.2, -0.15) is 0 Å². The van der Waals surface area contributed by atoms with Gasteiger partial charge in [0.2, 0.25) is 5.75 Å². The van der Waals surface area contributed by atoms with Crippen LogP contribution in [0.1, 0.15) is 35.7 Å². The molecule has 2 aromatic rings. The number of nitrogens with two attached hydrogens (primary N) is 1. The lowest BCUT2D eigenvalue weighted by molar-refractivity contribution is 0.103. The van der Waals surface area contributed by atoms with Crippen molar-refractivity contribution in [3.8, 4) is 17.2 Å². The largest absolute Gasteiger partial charge is 0.492 e. The van der Waals surface area contributed by atoms with E-state index in [0.717, 1.165) is 17.7 Å². The number of Topliss-reactive ketones (excluding diaryl/α,β-unsaturated/α-hetero) is 1. The Morgan fingerprint density at radius 2 is 1.97 bits per heavy atom. The summed E-state index contributed by atoms with van der Waals surface area (Å²) < 4.78 is 16.9. The van der Waals surface area contributed by atoms with Crippen molar-refractivity contribution in [3.63, 3.8) is 0 Å². The van der Waals surface area contributed by atoms with Gasteiger partial charge in [0.25, 0.3) is 0 Å². The molecule has 0 saturated carbocycles. The van der Waals surface area contributed by atoms with Crippen LogP contribution in [-0.2, 0) is 0 Å². The average molecular weight is 396 g/mol. The van der Waals surface area contributed by atoms with E-state index < -0.39 is 0 Å². The molecule has 0 amide bonds. The van der Waals surface area contributed by atoms with Crippen molar-refractivity contribution in [1.29, 1.82) is 0 Å². The van der Waals surface area contributed by atoms with E-state index in [1.54, 1.807) is 13.2 Å². The van der Waals surface area contributed by atoms with Crippen LogP contribution >= 0.6 is 0 Å². The molecular formula is C23H28N2O4. The second kappa shape index (κ2) is 8.90. The fourth-order valence-electron chi connectivity index (χ4n) is 3.43. The smallest absolute Gasteiger partial charge is 0.204 e. The van der Waals surface area contributed by atoms with Gasteiger partial charge in [0.1, 0.15) is 13.2 Å². The van der Waals surface area contributed by atoms with Gasteiger partial charge in [-0.1, -0.05) is 13.3 Å². The van der Waals surface area contributed by atoms with Gasteiger partial charge in [-0.25, -0.2) is 0 Å². The lowest BCUT2D eigenvalue weighted by atomic mass is 9.96. The fourth-order valence-corrected chi connectivity index (χ4v) is 3.43. The first-order valence-electron chi connectivity index (χ1n) is 9.75. The monoisotopic (exact) mass is 396 g/mol. The molecule has 0 aliphatic carbocycles. The maximum absolute atomic E-state index is 13.2. The molecule has 0 aromatic heterocycles. The second-order valence-electron chi connectivity index (χ2n) is 7.13. The molecule has 0 atom stereocenters. The van der Waals surface area contributed by atoms with Crippen LogP contribution in [0.3, 0.4) is 0 Å². The summed E-state index contributed by atoms with van der Waals surface area (Å²) in [5, 5.41) is 0. The number of hydrogen-bond acceptors (Lipinski definition) is 6. The number of rotatable bonds is 7. The third-order valence-electron chi connectivity index (χ3n) is 4.81. The van der Waals surface area contributed by atoms with Crippen LogP contribution in [0.2, 0.25) is 0 Å². The highest BCUT2D eigenvalue weighted by Crippen LogP contribution is 2.42. The summed E-state index contributed by atoms with van der Waals surface area (Å²) >= 11 is 0. The van der Waals surface area contributed by atoms with E-state index >= 15 is 0 Å². The van der Waals surface area contributed by atoms with E-state index in [4.69, 9.17) is 19.9 Å². The lowest BCUT2D eigenvalue weighted by Crippen LogP contribution is -2.16. The van der Waals surface area contributed by atoms with E-state index in [1.165, 1.54) is 0 Å². The maximum Gasteiger partial charge on any atom is 0.204 e. The minimum absolute atomic E-state index is 0.0409. The van der Waals surface area contributed by atoms with Crippen molar-refractivity contribution in [2.24, 2.45) is 0 Å². The topological polar surface area (TPSA) is 74.0 Å². The molecule has 29 heavy (non-hydrogen) atoms. The van der Waals surface area contributed by atoms with Crippen LogP contribution in [0.25, 0.3) is 6.08 Å². The van der Waals surface area contributed by atoms with Gasteiger partial charge in [0, 0.05) is 30.8 Å². The molecule has 1 aliphatic rings. The Morgan fingerprint density at radius 1 is 1.21 bits per heavy atom. The zero-order valence-corrected chi connectivity index (χ0v) is 17.5. The van der Waals surface area contributed by atoms with Crippen LogP contribution in [-0.4, -0.2) is 40.2 Å². The number of carbonyl (C=O) groups is 1. The van der Waals surface area contributed by atoms with Crippen molar-refractivity contribution < 1.29 is 19.0 Å². The van der Waals surface area contributed by atoms with Crippen molar-refractivity contribution in [3.05, 3.63) is 47.0 Å². The summed E-state index contributed by atoms with van der Waals surface area (Å²) in [6.07, 6.45) is 3.36. The predicted molar refractivity (Wildman–Crippen MR) is 116 cm³/mol. The van der Waals surface area contributed by atoms with Crippen molar-refractivity contribution in [2.45, 2.75) is 19.8 Å². The Balaban J connectivity index is 2.01. The molecular weight excluding hydrogens is 368 g/mol. The Bertz CT molecular complexity index is 935. The van der Waals surface area contributed by atoms with E-state index in [2.05, 4.69) is 0 Å². The molecule has 2 aromatic carbocycles. The lowest BCUT2D eigenvalue weighted by Gasteiger charge is -2.21. The first-order valence-corrected chi connectivity index (χ1v) is 9.75. The van der Waals surface area contributed by atoms with E-state index in [0.29, 0.717) is 53.7 Å². The average Bonchev–Trinajstić information content (AvgIpc) is 2.72. The van der Waals surface area contributed by atoms with Crippen LogP contribution in [0, 0.1) is 0 Å². The zero-order chi connectivity index (χ0) is 21.0. The summed E-state index contributed by atoms with van der Waals surface area (Å²) in [6.45, 7) is 3.02. The summed E-state index contributed by atoms with van der Waals surface area (Å²) in [5.74, 6) is 1.77. The van der Waals surface area contributed by atoms with E-state index in [9.17, 15) is 4.79 Å². The zero-order valence-electron chi connectivity index (χ0n) is 17.5. The number of allylic oxidation sites excluding steroid dienone is 1. The summed E-state index contributed by atoms with van der Waals surface area (Å²) in [7, 11) is 5.43. The summed E-state index contributed by atoms with van der Waals surface area (Å²) in [5.41, 5.74) is 9.66. The highest BCUT2D eigenvalue weighted by Gasteiger charge is 2.21. The highest BCUT2D eigenvalue weighted by molar-refractivity contribution is 6.12. The van der Waals surface area contributed by atoms with Crippen LogP contribution in [0.5, 0.6) is 17.2 Å². The van der Waals surface area contributed by atoms with Crippen molar-refractivity contribution in [1.82, 2.24) is 0 Å². The molecule has 2 N–H and O–H groups in total. The SMILES string of the molecule is CCCC(=Cc1ccc2c(c1OC)OCCO2)C(=O)c1ccc(N(C)C)c(N)c1. The molecule has 6 heteroatoms. The van der Waals surface area contributed by atoms with Crippen molar-refractivity contribution >= 4 is 23.2 Å². The maximum atomic E-state index is 13.2. The number of fused-ring (bicyclic) bond motifs is 1. The second-order valence-corrected chi connectivity index (χ2v) is 7.13. The third kappa shape index (κ3) is 4.31. The van der Waals surface area contributed by atoms with Gasteiger partial charge in [0.05, 0.1) is 18.5 Å². The Labute approximate surface area is 171 Å². The molecule has 154 valence electrons. The number of ketones is 1. The molecule has 0 bridgehead atoms. The molecule has 6 nitrogen and oxygen atoms in total. The number of hydrogen-bond donors (Lipinski definition) is 1. The minimum atomic E-state index is -0.0409. The number of ether oxygens (including phenoxy) is 3. The number of benzene rings is 2. The van der Waals surface area contributed by atoms with Gasteiger partial charge >= 0.3 is 0 Å². The van der Waals surface area contributed by atoms with Crippen LogP contribution in [0.4, 0.5) is 11.4 Å². The fraction of sp³-hybridized carbons (Fsp3) is 0.348. The summed E-state index contributed by atoms with van der Waals surface area (Å²) in [6, 6.07) is 9.16. The van der Waals surface area contributed by atoms with Crippen LogP contribution < -0.4 is 24.8 Å². The number of anilines is 2. The van der Waals surface area contributed by atoms with Gasteiger partial charge in [0.15, 0.2) is 17.3 Å². The first kappa shape index (κ1) is 20.6. The molecule has 0 spiro atoms. The molecule has 0 fully saturated rings. The number of nitrogen functional groups attached to an aromatic ring is 1. The highest BCUT2D eigenvalue weighted by atomic mass is 16.6. The molecule has 3 rings (SSSR count). The van der Waals surface area contributed by atoms with Crippen molar-refractivity contribution in [2.75, 3.05) is 45.1 Å².